The predicted molar refractivity (Wildman–Crippen MR) is 60.9 cm³/mol. The molecule has 1 unspecified atom stereocenters. The number of hydrogen-bond donors (Lipinski definition) is 0. The normalized spacial score (nSPS) is 12.5. The average molecular weight is 192 g/mol. The third-order valence-corrected chi connectivity index (χ3v) is 2.53. The van der Waals surface area contributed by atoms with Gasteiger partial charge in [0.05, 0.1) is 6.61 Å². The highest BCUT2D eigenvalue weighted by Gasteiger charge is 2.02. The minimum Gasteiger partial charge on any atom is -0.494 e. The Kier molecular flexibility index (Phi) is 4.51. The molecular formula is C13H20O. The molecule has 1 nitrogen and oxygen atoms in total. The SMILES string of the molecule is CCCOc1ccc(C(C)CC)cc1. The van der Waals surface area contributed by atoms with E-state index in [1.807, 2.05) is 0 Å². The second-order valence-corrected chi connectivity index (χ2v) is 3.73. The molecule has 1 aromatic carbocycles. The van der Waals surface area contributed by atoms with Crippen molar-refractivity contribution in [3.63, 3.8) is 0 Å². The van der Waals surface area contributed by atoms with Gasteiger partial charge >= 0.3 is 0 Å². The summed E-state index contributed by atoms with van der Waals surface area (Å²) in [6.07, 6.45) is 2.25. The average Bonchev–Trinajstić information content (AvgIpc) is 2.26. The molecule has 0 aliphatic rings. The van der Waals surface area contributed by atoms with Gasteiger partial charge in [0.25, 0.3) is 0 Å². The molecule has 1 atom stereocenters. The highest BCUT2D eigenvalue weighted by Crippen LogP contribution is 2.21. The lowest BCUT2D eigenvalue weighted by atomic mass is 9.99. The third kappa shape index (κ3) is 3.06. The van der Waals surface area contributed by atoms with E-state index >= 15 is 0 Å². The van der Waals surface area contributed by atoms with Crippen molar-refractivity contribution in [3.8, 4) is 5.75 Å². The van der Waals surface area contributed by atoms with E-state index in [1.165, 1.54) is 12.0 Å². The summed E-state index contributed by atoms with van der Waals surface area (Å²) in [4.78, 5) is 0. The van der Waals surface area contributed by atoms with Crippen LogP contribution in [0, 0.1) is 0 Å². The van der Waals surface area contributed by atoms with Crippen LogP contribution in [0.15, 0.2) is 24.3 Å². The first-order valence-corrected chi connectivity index (χ1v) is 5.50. The van der Waals surface area contributed by atoms with Crippen molar-refractivity contribution in [1.82, 2.24) is 0 Å². The van der Waals surface area contributed by atoms with Gasteiger partial charge < -0.3 is 4.74 Å². The Balaban J connectivity index is 2.59. The Morgan fingerprint density at radius 1 is 1.14 bits per heavy atom. The fourth-order valence-corrected chi connectivity index (χ4v) is 1.35. The molecule has 0 spiro atoms. The molecule has 78 valence electrons. The number of rotatable bonds is 5. The Hall–Kier alpha value is -0.980. The zero-order valence-corrected chi connectivity index (χ0v) is 9.42. The summed E-state index contributed by atoms with van der Waals surface area (Å²) in [6, 6.07) is 8.46. The van der Waals surface area contributed by atoms with Crippen LogP contribution in [0.2, 0.25) is 0 Å². The minimum absolute atomic E-state index is 0.648. The molecule has 0 aliphatic carbocycles. The number of ether oxygens (including phenoxy) is 1. The molecule has 1 heteroatoms. The Bertz CT molecular complexity index is 250. The first-order chi connectivity index (χ1) is 6.77. The minimum atomic E-state index is 0.648. The molecule has 14 heavy (non-hydrogen) atoms. The van der Waals surface area contributed by atoms with Gasteiger partial charge in [0.2, 0.25) is 0 Å². The second kappa shape index (κ2) is 5.69. The van der Waals surface area contributed by atoms with E-state index < -0.39 is 0 Å². The van der Waals surface area contributed by atoms with Crippen LogP contribution in [0.4, 0.5) is 0 Å². The molecule has 1 rings (SSSR count). The summed E-state index contributed by atoms with van der Waals surface area (Å²) in [5, 5.41) is 0. The van der Waals surface area contributed by atoms with Gasteiger partial charge in [0.15, 0.2) is 0 Å². The predicted octanol–water partition coefficient (Wildman–Crippen LogP) is 3.99. The van der Waals surface area contributed by atoms with Crippen molar-refractivity contribution in [2.75, 3.05) is 6.61 Å². The zero-order valence-electron chi connectivity index (χ0n) is 9.42. The highest BCUT2D eigenvalue weighted by atomic mass is 16.5. The van der Waals surface area contributed by atoms with E-state index in [2.05, 4.69) is 45.0 Å². The van der Waals surface area contributed by atoms with Crippen LogP contribution in [0.25, 0.3) is 0 Å². The summed E-state index contributed by atoms with van der Waals surface area (Å²) in [5.41, 5.74) is 1.40. The first-order valence-electron chi connectivity index (χ1n) is 5.50. The molecule has 0 aromatic heterocycles. The molecule has 0 N–H and O–H groups in total. The van der Waals surface area contributed by atoms with Crippen LogP contribution < -0.4 is 4.74 Å². The van der Waals surface area contributed by atoms with Crippen LogP contribution in [-0.2, 0) is 0 Å². The van der Waals surface area contributed by atoms with Crippen molar-refractivity contribution < 1.29 is 4.74 Å². The molecule has 0 saturated heterocycles. The Labute approximate surface area is 87.1 Å². The van der Waals surface area contributed by atoms with Crippen molar-refractivity contribution in [3.05, 3.63) is 29.8 Å². The lowest BCUT2D eigenvalue weighted by Crippen LogP contribution is -1.96. The standard InChI is InChI=1S/C13H20O/c1-4-10-14-13-8-6-12(7-9-13)11(3)5-2/h6-9,11H,4-5,10H2,1-3H3. The van der Waals surface area contributed by atoms with E-state index in [-0.39, 0.29) is 0 Å². The monoisotopic (exact) mass is 192 g/mol. The van der Waals surface area contributed by atoms with E-state index in [1.54, 1.807) is 0 Å². The van der Waals surface area contributed by atoms with Gasteiger partial charge in [-0.25, -0.2) is 0 Å². The molecule has 0 saturated carbocycles. The van der Waals surface area contributed by atoms with Crippen LogP contribution in [0.1, 0.15) is 45.1 Å². The van der Waals surface area contributed by atoms with Gasteiger partial charge in [-0.15, -0.1) is 0 Å². The van der Waals surface area contributed by atoms with E-state index in [9.17, 15) is 0 Å². The van der Waals surface area contributed by atoms with E-state index in [0.717, 1.165) is 18.8 Å². The van der Waals surface area contributed by atoms with Gasteiger partial charge in [-0.1, -0.05) is 32.9 Å². The maximum absolute atomic E-state index is 5.52. The van der Waals surface area contributed by atoms with Crippen LogP contribution >= 0.6 is 0 Å². The summed E-state index contributed by atoms with van der Waals surface area (Å²) >= 11 is 0. The maximum Gasteiger partial charge on any atom is 0.119 e. The number of hydrogen-bond acceptors (Lipinski definition) is 1. The lowest BCUT2D eigenvalue weighted by Gasteiger charge is -2.10. The molecule has 0 fully saturated rings. The largest absolute Gasteiger partial charge is 0.494 e. The molecule has 0 heterocycles. The van der Waals surface area contributed by atoms with Crippen LogP contribution in [0.5, 0.6) is 5.75 Å². The van der Waals surface area contributed by atoms with Gasteiger partial charge in [-0.05, 0) is 36.5 Å². The maximum atomic E-state index is 5.52. The second-order valence-electron chi connectivity index (χ2n) is 3.73. The smallest absolute Gasteiger partial charge is 0.119 e. The van der Waals surface area contributed by atoms with Crippen molar-refractivity contribution in [2.24, 2.45) is 0 Å². The summed E-state index contributed by atoms with van der Waals surface area (Å²) < 4.78 is 5.52. The Morgan fingerprint density at radius 3 is 2.29 bits per heavy atom. The topological polar surface area (TPSA) is 9.23 Å². The summed E-state index contributed by atoms with van der Waals surface area (Å²) in [7, 11) is 0. The van der Waals surface area contributed by atoms with Crippen molar-refractivity contribution >= 4 is 0 Å². The van der Waals surface area contributed by atoms with Gasteiger partial charge in [-0.2, -0.15) is 0 Å². The highest BCUT2D eigenvalue weighted by molar-refractivity contribution is 5.29. The summed E-state index contributed by atoms with van der Waals surface area (Å²) in [6.45, 7) is 7.39. The summed E-state index contributed by atoms with van der Waals surface area (Å²) in [5.74, 6) is 1.63. The third-order valence-electron chi connectivity index (χ3n) is 2.53. The molecule has 0 aliphatic heterocycles. The quantitative estimate of drug-likeness (QED) is 0.685. The fourth-order valence-electron chi connectivity index (χ4n) is 1.35. The lowest BCUT2D eigenvalue weighted by molar-refractivity contribution is 0.317. The zero-order chi connectivity index (χ0) is 10.4. The van der Waals surface area contributed by atoms with Gasteiger partial charge in [0, 0.05) is 0 Å². The fraction of sp³-hybridized carbons (Fsp3) is 0.538. The molecule has 1 aromatic rings. The Morgan fingerprint density at radius 2 is 1.79 bits per heavy atom. The van der Waals surface area contributed by atoms with Gasteiger partial charge in [0.1, 0.15) is 5.75 Å². The van der Waals surface area contributed by atoms with E-state index in [4.69, 9.17) is 4.74 Å². The van der Waals surface area contributed by atoms with Crippen molar-refractivity contribution in [1.29, 1.82) is 0 Å². The molecule has 0 bridgehead atoms. The van der Waals surface area contributed by atoms with Crippen LogP contribution in [0.3, 0.4) is 0 Å². The molecular weight excluding hydrogens is 172 g/mol. The number of benzene rings is 1. The van der Waals surface area contributed by atoms with Crippen molar-refractivity contribution in [2.45, 2.75) is 39.5 Å². The van der Waals surface area contributed by atoms with E-state index in [0.29, 0.717) is 5.92 Å². The molecule has 0 radical (unpaired) electrons. The molecule has 0 amide bonds. The van der Waals surface area contributed by atoms with Gasteiger partial charge in [-0.3, -0.25) is 0 Å². The van der Waals surface area contributed by atoms with Crippen LogP contribution in [-0.4, -0.2) is 6.61 Å². The first kappa shape index (κ1) is 11.1.